The summed E-state index contributed by atoms with van der Waals surface area (Å²) in [6.45, 7) is 11.8. The number of aryl methyl sites for hydroxylation is 1. The molecule has 1 rings (SSSR count). The van der Waals surface area contributed by atoms with Gasteiger partial charge in [-0.1, -0.05) is 20.8 Å². The van der Waals surface area contributed by atoms with Crippen molar-refractivity contribution in [2.24, 2.45) is 5.92 Å². The summed E-state index contributed by atoms with van der Waals surface area (Å²) in [7, 11) is 2.11. The maximum Gasteiger partial charge on any atom is 0.134 e. The molecule has 1 atom stereocenters. The zero-order valence-corrected chi connectivity index (χ0v) is 13.2. The second-order valence-corrected chi connectivity index (χ2v) is 5.67. The molecule has 0 fully saturated rings. The molecule has 0 aliphatic rings. The Kier molecular flexibility index (Phi) is 6.06. The summed E-state index contributed by atoms with van der Waals surface area (Å²) >= 11 is 0. The molecule has 0 aromatic carbocycles. The molecule has 0 radical (unpaired) electrons. The first-order valence-corrected chi connectivity index (χ1v) is 7.26. The lowest BCUT2D eigenvalue weighted by Crippen LogP contribution is -2.31. The molecule has 4 nitrogen and oxygen atoms in total. The second-order valence-electron chi connectivity index (χ2n) is 5.67. The van der Waals surface area contributed by atoms with E-state index in [1.165, 1.54) is 0 Å². The smallest absolute Gasteiger partial charge is 0.134 e. The van der Waals surface area contributed by atoms with Gasteiger partial charge in [0.2, 0.25) is 0 Å². The summed E-state index contributed by atoms with van der Waals surface area (Å²) < 4.78 is 0. The maximum atomic E-state index is 4.55. The number of nitrogens with zero attached hydrogens (tertiary/aromatic N) is 3. The van der Waals surface area contributed by atoms with Crippen LogP contribution in [0.25, 0.3) is 0 Å². The average Bonchev–Trinajstić information content (AvgIpc) is 2.33. The highest BCUT2D eigenvalue weighted by Crippen LogP contribution is 2.19. The third kappa shape index (κ3) is 5.05. The van der Waals surface area contributed by atoms with Crippen molar-refractivity contribution >= 4 is 11.6 Å². The highest BCUT2D eigenvalue weighted by molar-refractivity contribution is 5.49. The molecular formula is C15H28N4. The Morgan fingerprint density at radius 2 is 1.95 bits per heavy atom. The van der Waals surface area contributed by atoms with Gasteiger partial charge in [0, 0.05) is 25.7 Å². The lowest BCUT2D eigenvalue weighted by molar-refractivity contribution is 0.502. The van der Waals surface area contributed by atoms with E-state index < -0.39 is 0 Å². The predicted octanol–water partition coefficient (Wildman–Crippen LogP) is 3.48. The van der Waals surface area contributed by atoms with Crippen LogP contribution in [0.3, 0.4) is 0 Å². The monoisotopic (exact) mass is 264 g/mol. The van der Waals surface area contributed by atoms with Crippen LogP contribution in [-0.2, 0) is 0 Å². The maximum absolute atomic E-state index is 4.55. The van der Waals surface area contributed by atoms with Crippen molar-refractivity contribution in [2.45, 2.75) is 53.5 Å². The molecule has 0 aliphatic heterocycles. The van der Waals surface area contributed by atoms with Crippen LogP contribution in [0.4, 0.5) is 11.6 Å². The van der Waals surface area contributed by atoms with Crippen molar-refractivity contribution in [1.82, 2.24) is 9.97 Å². The van der Waals surface area contributed by atoms with E-state index in [1.54, 1.807) is 0 Å². The Labute approximate surface area is 117 Å². The highest BCUT2D eigenvalue weighted by Gasteiger charge is 2.14. The van der Waals surface area contributed by atoms with Crippen LogP contribution in [0.2, 0.25) is 0 Å². The Balaban J connectivity index is 2.83. The Bertz CT molecular complexity index is 390. The van der Waals surface area contributed by atoms with Gasteiger partial charge in [-0.2, -0.15) is 0 Å². The minimum Gasteiger partial charge on any atom is -0.370 e. The summed E-state index contributed by atoms with van der Waals surface area (Å²) in [4.78, 5) is 11.2. The highest BCUT2D eigenvalue weighted by atomic mass is 15.2. The lowest BCUT2D eigenvalue weighted by Gasteiger charge is -2.27. The number of hydrogen-bond acceptors (Lipinski definition) is 4. The number of nitrogens with one attached hydrogen (secondary N) is 1. The Hall–Kier alpha value is -1.32. The van der Waals surface area contributed by atoms with Crippen molar-refractivity contribution in [2.75, 3.05) is 23.8 Å². The molecule has 0 amide bonds. The molecule has 1 unspecified atom stereocenters. The fourth-order valence-electron chi connectivity index (χ4n) is 2.14. The summed E-state index contributed by atoms with van der Waals surface area (Å²) in [5, 5.41) is 3.33. The van der Waals surface area contributed by atoms with Gasteiger partial charge < -0.3 is 10.2 Å². The molecule has 0 bridgehead atoms. The first-order valence-electron chi connectivity index (χ1n) is 7.26. The second kappa shape index (κ2) is 7.31. The third-order valence-corrected chi connectivity index (χ3v) is 3.22. The molecule has 0 saturated heterocycles. The molecular weight excluding hydrogens is 236 g/mol. The van der Waals surface area contributed by atoms with Crippen LogP contribution in [-0.4, -0.2) is 29.6 Å². The van der Waals surface area contributed by atoms with Gasteiger partial charge in [-0.3, -0.25) is 0 Å². The molecule has 108 valence electrons. The standard InChI is InChI=1S/C15H28N4/c1-7-8-16-14-10-15(18-13(5)17-14)19(6)12(4)9-11(2)3/h10-12H,7-9H2,1-6H3,(H,16,17,18). The van der Waals surface area contributed by atoms with E-state index in [1.807, 2.05) is 13.0 Å². The van der Waals surface area contributed by atoms with Gasteiger partial charge in [0.05, 0.1) is 0 Å². The SMILES string of the molecule is CCCNc1cc(N(C)C(C)CC(C)C)nc(C)n1. The molecule has 19 heavy (non-hydrogen) atoms. The molecule has 0 spiro atoms. The topological polar surface area (TPSA) is 41.0 Å². The van der Waals surface area contributed by atoms with Gasteiger partial charge in [0.15, 0.2) is 0 Å². The van der Waals surface area contributed by atoms with Gasteiger partial charge in [0.1, 0.15) is 17.5 Å². The number of aromatic nitrogens is 2. The average molecular weight is 264 g/mol. The van der Waals surface area contributed by atoms with E-state index in [-0.39, 0.29) is 0 Å². The molecule has 1 aromatic rings. The van der Waals surface area contributed by atoms with E-state index in [0.29, 0.717) is 12.0 Å². The Morgan fingerprint density at radius 1 is 1.26 bits per heavy atom. The summed E-state index contributed by atoms with van der Waals surface area (Å²) in [5.41, 5.74) is 0. The summed E-state index contributed by atoms with van der Waals surface area (Å²) in [6.07, 6.45) is 2.26. The number of rotatable bonds is 7. The quantitative estimate of drug-likeness (QED) is 0.818. The minimum atomic E-state index is 0.480. The Morgan fingerprint density at radius 3 is 2.53 bits per heavy atom. The summed E-state index contributed by atoms with van der Waals surface area (Å²) in [6, 6.07) is 2.52. The van der Waals surface area contributed by atoms with Crippen LogP contribution < -0.4 is 10.2 Å². The van der Waals surface area contributed by atoms with Crippen molar-refractivity contribution < 1.29 is 0 Å². The molecule has 4 heteroatoms. The third-order valence-electron chi connectivity index (χ3n) is 3.22. The largest absolute Gasteiger partial charge is 0.370 e. The van der Waals surface area contributed by atoms with E-state index >= 15 is 0 Å². The normalized spacial score (nSPS) is 12.6. The minimum absolute atomic E-state index is 0.480. The van der Waals surface area contributed by atoms with Crippen LogP contribution in [0.1, 0.15) is 46.4 Å². The summed E-state index contributed by atoms with van der Waals surface area (Å²) in [5.74, 6) is 3.44. The first kappa shape index (κ1) is 15.7. The predicted molar refractivity (Wildman–Crippen MR) is 82.9 cm³/mol. The van der Waals surface area contributed by atoms with Crippen LogP contribution in [0.15, 0.2) is 6.07 Å². The van der Waals surface area contributed by atoms with Crippen molar-refractivity contribution in [1.29, 1.82) is 0 Å². The molecule has 0 saturated carbocycles. The molecule has 0 aliphatic carbocycles. The number of hydrogen-bond donors (Lipinski definition) is 1. The molecule has 1 N–H and O–H groups in total. The fraction of sp³-hybridized carbons (Fsp3) is 0.733. The van der Waals surface area contributed by atoms with E-state index in [2.05, 4.69) is 54.9 Å². The van der Waals surface area contributed by atoms with E-state index in [9.17, 15) is 0 Å². The van der Waals surface area contributed by atoms with Crippen LogP contribution >= 0.6 is 0 Å². The van der Waals surface area contributed by atoms with E-state index in [0.717, 1.165) is 36.8 Å². The lowest BCUT2D eigenvalue weighted by atomic mass is 10.0. The van der Waals surface area contributed by atoms with E-state index in [4.69, 9.17) is 0 Å². The van der Waals surface area contributed by atoms with Gasteiger partial charge in [-0.15, -0.1) is 0 Å². The van der Waals surface area contributed by atoms with Crippen LogP contribution in [0.5, 0.6) is 0 Å². The van der Waals surface area contributed by atoms with Crippen molar-refractivity contribution in [3.05, 3.63) is 11.9 Å². The van der Waals surface area contributed by atoms with Gasteiger partial charge >= 0.3 is 0 Å². The van der Waals surface area contributed by atoms with Crippen molar-refractivity contribution in [3.8, 4) is 0 Å². The van der Waals surface area contributed by atoms with Gasteiger partial charge in [-0.25, -0.2) is 9.97 Å². The molecule has 1 aromatic heterocycles. The van der Waals surface area contributed by atoms with Crippen LogP contribution in [0, 0.1) is 12.8 Å². The number of anilines is 2. The van der Waals surface area contributed by atoms with Gasteiger partial charge in [-0.05, 0) is 32.6 Å². The zero-order valence-electron chi connectivity index (χ0n) is 13.2. The molecule has 1 heterocycles. The van der Waals surface area contributed by atoms with Gasteiger partial charge in [0.25, 0.3) is 0 Å². The fourth-order valence-corrected chi connectivity index (χ4v) is 2.14. The first-order chi connectivity index (χ1) is 8.93. The zero-order chi connectivity index (χ0) is 14.4. The van der Waals surface area contributed by atoms with Crippen molar-refractivity contribution in [3.63, 3.8) is 0 Å².